The van der Waals surface area contributed by atoms with Gasteiger partial charge in [-0.1, -0.05) is 29.8 Å². The second kappa shape index (κ2) is 6.15. The molecule has 1 aromatic heterocycles. The molecular formula is C13H15ClN2S. The molecule has 90 valence electrons. The molecule has 0 fully saturated rings. The van der Waals surface area contributed by atoms with Crippen molar-refractivity contribution < 1.29 is 0 Å². The average Bonchev–Trinajstić information content (AvgIpc) is 2.76. The number of halogens is 1. The Balaban J connectivity index is 1.95. The van der Waals surface area contributed by atoms with E-state index in [-0.39, 0.29) is 0 Å². The molecule has 0 atom stereocenters. The van der Waals surface area contributed by atoms with Gasteiger partial charge in [0.25, 0.3) is 0 Å². The number of nitrogens with zero attached hydrogens (tertiary/aromatic N) is 1. The van der Waals surface area contributed by atoms with E-state index in [9.17, 15) is 0 Å². The smallest absolute Gasteiger partial charge is 0.0931 e. The van der Waals surface area contributed by atoms with Crippen LogP contribution < -0.4 is 5.73 Å². The van der Waals surface area contributed by atoms with Crippen molar-refractivity contribution in [2.75, 3.05) is 6.54 Å². The second-order valence-electron chi connectivity index (χ2n) is 3.86. The SMILES string of the molecule is NCCc1csc(CCc2ccccc2Cl)n1. The molecular weight excluding hydrogens is 252 g/mol. The summed E-state index contributed by atoms with van der Waals surface area (Å²) in [6, 6.07) is 7.97. The van der Waals surface area contributed by atoms with Crippen molar-refractivity contribution in [3.63, 3.8) is 0 Å². The molecule has 4 heteroatoms. The van der Waals surface area contributed by atoms with Crippen molar-refractivity contribution >= 4 is 22.9 Å². The van der Waals surface area contributed by atoms with Gasteiger partial charge in [0, 0.05) is 23.2 Å². The summed E-state index contributed by atoms with van der Waals surface area (Å²) in [5, 5.41) is 4.09. The minimum absolute atomic E-state index is 0.660. The van der Waals surface area contributed by atoms with Crippen LogP contribution in [0.1, 0.15) is 16.3 Å². The van der Waals surface area contributed by atoms with E-state index in [1.54, 1.807) is 11.3 Å². The molecule has 2 N–H and O–H groups in total. The first-order chi connectivity index (χ1) is 8.29. The Morgan fingerprint density at radius 3 is 2.76 bits per heavy atom. The van der Waals surface area contributed by atoms with Gasteiger partial charge in [-0.3, -0.25) is 0 Å². The van der Waals surface area contributed by atoms with Gasteiger partial charge in [-0.2, -0.15) is 0 Å². The maximum absolute atomic E-state index is 6.11. The lowest BCUT2D eigenvalue weighted by atomic mass is 10.1. The maximum Gasteiger partial charge on any atom is 0.0931 e. The summed E-state index contributed by atoms with van der Waals surface area (Å²) in [5.41, 5.74) is 7.79. The van der Waals surface area contributed by atoms with Gasteiger partial charge in [0.1, 0.15) is 0 Å². The zero-order valence-corrected chi connectivity index (χ0v) is 11.1. The summed E-state index contributed by atoms with van der Waals surface area (Å²) in [5.74, 6) is 0. The van der Waals surface area contributed by atoms with Crippen molar-refractivity contribution in [3.05, 3.63) is 50.9 Å². The van der Waals surface area contributed by atoms with Crippen molar-refractivity contribution in [1.82, 2.24) is 4.98 Å². The van der Waals surface area contributed by atoms with Crippen LogP contribution in [0.2, 0.25) is 5.02 Å². The van der Waals surface area contributed by atoms with Crippen LogP contribution in [0.15, 0.2) is 29.6 Å². The van der Waals surface area contributed by atoms with Crippen molar-refractivity contribution in [2.45, 2.75) is 19.3 Å². The van der Waals surface area contributed by atoms with Gasteiger partial charge in [0.2, 0.25) is 0 Å². The van der Waals surface area contributed by atoms with Crippen LogP contribution in [0.4, 0.5) is 0 Å². The van der Waals surface area contributed by atoms with E-state index >= 15 is 0 Å². The first-order valence-electron chi connectivity index (χ1n) is 5.66. The number of thiazole rings is 1. The molecule has 0 saturated carbocycles. The Bertz CT molecular complexity index is 482. The van der Waals surface area contributed by atoms with E-state index in [0.717, 1.165) is 35.0 Å². The highest BCUT2D eigenvalue weighted by molar-refractivity contribution is 7.09. The van der Waals surface area contributed by atoms with Gasteiger partial charge in [0.05, 0.1) is 10.7 Å². The van der Waals surface area contributed by atoms with Crippen LogP contribution >= 0.6 is 22.9 Å². The van der Waals surface area contributed by atoms with Crippen molar-refractivity contribution in [3.8, 4) is 0 Å². The molecule has 0 aliphatic heterocycles. The second-order valence-corrected chi connectivity index (χ2v) is 5.21. The minimum atomic E-state index is 0.660. The van der Waals surface area contributed by atoms with E-state index in [1.807, 2.05) is 18.2 Å². The molecule has 0 aliphatic carbocycles. The van der Waals surface area contributed by atoms with Crippen LogP contribution in [0, 0.1) is 0 Å². The van der Waals surface area contributed by atoms with Crippen LogP contribution in [-0.2, 0) is 19.3 Å². The number of aromatic nitrogens is 1. The number of aryl methyl sites for hydroxylation is 2. The van der Waals surface area contributed by atoms with Crippen LogP contribution in [0.25, 0.3) is 0 Å². The Kier molecular flexibility index (Phi) is 4.54. The molecule has 0 spiro atoms. The molecule has 0 amide bonds. The molecule has 0 unspecified atom stereocenters. The highest BCUT2D eigenvalue weighted by atomic mass is 35.5. The lowest BCUT2D eigenvalue weighted by molar-refractivity contribution is 0.893. The fraction of sp³-hybridized carbons (Fsp3) is 0.308. The van der Waals surface area contributed by atoms with E-state index in [2.05, 4.69) is 16.4 Å². The zero-order valence-electron chi connectivity index (χ0n) is 9.53. The lowest BCUT2D eigenvalue weighted by Crippen LogP contribution is -2.03. The van der Waals surface area contributed by atoms with Gasteiger partial charge >= 0.3 is 0 Å². The number of hydrogen-bond acceptors (Lipinski definition) is 3. The highest BCUT2D eigenvalue weighted by Gasteiger charge is 2.04. The number of benzene rings is 1. The van der Waals surface area contributed by atoms with E-state index in [0.29, 0.717) is 6.54 Å². The standard InChI is InChI=1S/C13H15ClN2S/c14-12-4-2-1-3-10(12)5-6-13-16-11(7-8-15)9-17-13/h1-4,9H,5-8,15H2. The fourth-order valence-corrected chi connectivity index (χ4v) is 2.73. The number of rotatable bonds is 5. The number of nitrogens with two attached hydrogens (primary N) is 1. The predicted octanol–water partition coefficient (Wildman–Crippen LogP) is 3.08. The van der Waals surface area contributed by atoms with E-state index in [1.165, 1.54) is 5.56 Å². The van der Waals surface area contributed by atoms with Crippen LogP contribution in [0.3, 0.4) is 0 Å². The quantitative estimate of drug-likeness (QED) is 0.903. The first kappa shape index (κ1) is 12.6. The van der Waals surface area contributed by atoms with Gasteiger partial charge in [-0.25, -0.2) is 4.98 Å². The van der Waals surface area contributed by atoms with Gasteiger partial charge < -0.3 is 5.73 Å². The van der Waals surface area contributed by atoms with E-state index in [4.69, 9.17) is 17.3 Å². The van der Waals surface area contributed by atoms with Crippen LogP contribution in [0.5, 0.6) is 0 Å². The first-order valence-corrected chi connectivity index (χ1v) is 6.92. The highest BCUT2D eigenvalue weighted by Crippen LogP contribution is 2.18. The molecule has 1 aromatic carbocycles. The lowest BCUT2D eigenvalue weighted by Gasteiger charge is -2.01. The summed E-state index contributed by atoms with van der Waals surface area (Å²) in [6.07, 6.45) is 2.75. The Labute approximate surface area is 110 Å². The summed E-state index contributed by atoms with van der Waals surface area (Å²) >= 11 is 7.82. The Morgan fingerprint density at radius 1 is 1.18 bits per heavy atom. The summed E-state index contributed by atoms with van der Waals surface area (Å²) < 4.78 is 0. The Hall–Kier alpha value is -0.900. The predicted molar refractivity (Wildman–Crippen MR) is 73.7 cm³/mol. The van der Waals surface area contributed by atoms with E-state index < -0.39 is 0 Å². The molecule has 17 heavy (non-hydrogen) atoms. The van der Waals surface area contributed by atoms with Gasteiger partial charge in [-0.05, 0) is 24.6 Å². The third-order valence-corrected chi connectivity index (χ3v) is 3.89. The Morgan fingerprint density at radius 2 is 2.00 bits per heavy atom. The summed E-state index contributed by atoms with van der Waals surface area (Å²) in [7, 11) is 0. The molecule has 1 heterocycles. The largest absolute Gasteiger partial charge is 0.330 e. The van der Waals surface area contributed by atoms with Crippen molar-refractivity contribution in [1.29, 1.82) is 0 Å². The third kappa shape index (κ3) is 3.53. The molecule has 0 saturated heterocycles. The molecule has 0 aliphatic rings. The monoisotopic (exact) mass is 266 g/mol. The fourth-order valence-electron chi connectivity index (χ4n) is 1.67. The maximum atomic E-state index is 6.11. The molecule has 0 bridgehead atoms. The van der Waals surface area contributed by atoms with Crippen LogP contribution in [-0.4, -0.2) is 11.5 Å². The summed E-state index contributed by atoms with van der Waals surface area (Å²) in [6.45, 7) is 0.660. The molecule has 2 aromatic rings. The third-order valence-electron chi connectivity index (χ3n) is 2.57. The molecule has 2 rings (SSSR count). The average molecular weight is 267 g/mol. The zero-order chi connectivity index (χ0) is 12.1. The molecule has 0 radical (unpaired) electrons. The normalized spacial score (nSPS) is 10.7. The van der Waals surface area contributed by atoms with Gasteiger partial charge in [-0.15, -0.1) is 11.3 Å². The minimum Gasteiger partial charge on any atom is -0.330 e. The number of hydrogen-bond donors (Lipinski definition) is 1. The molecule has 2 nitrogen and oxygen atoms in total. The topological polar surface area (TPSA) is 38.9 Å². The van der Waals surface area contributed by atoms with Crippen molar-refractivity contribution in [2.24, 2.45) is 5.73 Å². The van der Waals surface area contributed by atoms with Gasteiger partial charge in [0.15, 0.2) is 0 Å². The summed E-state index contributed by atoms with van der Waals surface area (Å²) in [4.78, 5) is 4.54.